The highest BCUT2D eigenvalue weighted by Gasteiger charge is 2.32. The smallest absolute Gasteiger partial charge is 0.323 e. The van der Waals surface area contributed by atoms with Crippen molar-refractivity contribution < 1.29 is 23.1 Å². The maximum atomic E-state index is 12.7. The van der Waals surface area contributed by atoms with Crippen LogP contribution in [0.2, 0.25) is 0 Å². The summed E-state index contributed by atoms with van der Waals surface area (Å²) in [6, 6.07) is 1.42. The summed E-state index contributed by atoms with van der Waals surface area (Å²) in [5, 5.41) is 10.4. The highest BCUT2D eigenvalue weighted by atomic mass is 32.2. The molecule has 2 heterocycles. The predicted octanol–water partition coefficient (Wildman–Crippen LogP) is 1.03. The Morgan fingerprint density at radius 1 is 1.35 bits per heavy atom. The molecule has 7 nitrogen and oxygen atoms in total. The van der Waals surface area contributed by atoms with Crippen LogP contribution < -0.4 is 0 Å². The van der Waals surface area contributed by atoms with E-state index in [0.29, 0.717) is 13.1 Å². The van der Waals surface area contributed by atoms with E-state index >= 15 is 0 Å². The van der Waals surface area contributed by atoms with E-state index in [9.17, 15) is 18.0 Å². The van der Waals surface area contributed by atoms with Crippen molar-refractivity contribution in [1.82, 2.24) is 9.21 Å². The number of carboxylic acids is 1. The average Bonchev–Trinajstić information content (AvgIpc) is 3.03. The van der Waals surface area contributed by atoms with Crippen LogP contribution >= 0.6 is 23.1 Å². The van der Waals surface area contributed by atoms with Crippen LogP contribution in [0.4, 0.5) is 0 Å². The fourth-order valence-electron chi connectivity index (χ4n) is 2.22. The third-order valence-corrected chi connectivity index (χ3v) is 7.32. The standard InChI is InChI=1S/C13H18N2O5S3/c1-2-14(9-11(16)17)13(18)12-10(3-6-22-12)23(19,20)15-4-7-21-8-5-15/h3,6H,2,4-5,7-9H2,1H3,(H,16,17). The van der Waals surface area contributed by atoms with Crippen LogP contribution in [0.3, 0.4) is 0 Å². The second kappa shape index (κ2) is 7.65. The third-order valence-electron chi connectivity index (χ3n) is 3.41. The van der Waals surface area contributed by atoms with E-state index in [1.807, 2.05) is 0 Å². The second-order valence-corrected chi connectivity index (χ2v) is 8.89. The van der Waals surface area contributed by atoms with Gasteiger partial charge in [-0.05, 0) is 18.4 Å². The van der Waals surface area contributed by atoms with E-state index in [0.717, 1.165) is 27.7 Å². The lowest BCUT2D eigenvalue weighted by molar-refractivity contribution is -0.137. The number of aliphatic carboxylic acids is 1. The van der Waals surface area contributed by atoms with Crippen LogP contribution in [-0.2, 0) is 14.8 Å². The summed E-state index contributed by atoms with van der Waals surface area (Å²) in [5.41, 5.74) is 0. The summed E-state index contributed by atoms with van der Waals surface area (Å²) in [5.74, 6) is -0.233. The molecule has 0 unspecified atom stereocenters. The molecule has 1 saturated heterocycles. The van der Waals surface area contributed by atoms with Gasteiger partial charge in [0.1, 0.15) is 16.3 Å². The molecule has 0 saturated carbocycles. The van der Waals surface area contributed by atoms with Crippen LogP contribution in [0.5, 0.6) is 0 Å². The van der Waals surface area contributed by atoms with Crippen molar-refractivity contribution in [2.75, 3.05) is 37.7 Å². The van der Waals surface area contributed by atoms with E-state index in [1.165, 1.54) is 10.4 Å². The van der Waals surface area contributed by atoms with E-state index in [1.54, 1.807) is 24.1 Å². The second-order valence-electron chi connectivity index (χ2n) is 4.84. The van der Waals surface area contributed by atoms with Crippen LogP contribution in [0.15, 0.2) is 16.3 Å². The molecule has 1 aromatic rings. The predicted molar refractivity (Wildman–Crippen MR) is 89.6 cm³/mol. The number of thioether (sulfide) groups is 1. The molecular formula is C13H18N2O5S3. The lowest BCUT2D eigenvalue weighted by Crippen LogP contribution is -2.39. The Bertz CT molecular complexity index is 680. The molecule has 1 fully saturated rings. The number of nitrogens with zero attached hydrogens (tertiary/aromatic N) is 2. The summed E-state index contributed by atoms with van der Waals surface area (Å²) in [4.78, 5) is 24.5. The summed E-state index contributed by atoms with van der Waals surface area (Å²) >= 11 is 2.72. The monoisotopic (exact) mass is 378 g/mol. The summed E-state index contributed by atoms with van der Waals surface area (Å²) in [6.07, 6.45) is 0. The molecule has 10 heteroatoms. The minimum atomic E-state index is -3.73. The van der Waals surface area contributed by atoms with Gasteiger partial charge in [-0.3, -0.25) is 9.59 Å². The average molecular weight is 378 g/mol. The van der Waals surface area contributed by atoms with Crippen molar-refractivity contribution in [1.29, 1.82) is 0 Å². The first kappa shape index (κ1) is 18.2. The first-order valence-electron chi connectivity index (χ1n) is 7.04. The number of likely N-dealkylation sites (N-methyl/N-ethyl adjacent to an activating group) is 1. The van der Waals surface area contributed by atoms with Crippen LogP contribution in [0.1, 0.15) is 16.6 Å². The number of amides is 1. The van der Waals surface area contributed by atoms with Gasteiger partial charge in [-0.25, -0.2) is 8.42 Å². The van der Waals surface area contributed by atoms with Crippen molar-refractivity contribution >= 4 is 45.0 Å². The summed E-state index contributed by atoms with van der Waals surface area (Å²) < 4.78 is 26.9. The van der Waals surface area contributed by atoms with Crippen molar-refractivity contribution in [2.24, 2.45) is 0 Å². The molecule has 1 amide bonds. The van der Waals surface area contributed by atoms with Gasteiger partial charge in [0.05, 0.1) is 0 Å². The molecule has 2 rings (SSSR count). The molecule has 23 heavy (non-hydrogen) atoms. The maximum Gasteiger partial charge on any atom is 0.323 e. The van der Waals surface area contributed by atoms with E-state index in [4.69, 9.17) is 5.11 Å². The van der Waals surface area contributed by atoms with Gasteiger partial charge in [-0.2, -0.15) is 16.1 Å². The Labute approximate surface area is 143 Å². The molecule has 0 atom stereocenters. The van der Waals surface area contributed by atoms with Crippen LogP contribution in [0.25, 0.3) is 0 Å². The normalized spacial score (nSPS) is 16.2. The number of carbonyl (C=O) groups excluding carboxylic acids is 1. The quantitative estimate of drug-likeness (QED) is 0.794. The SMILES string of the molecule is CCN(CC(=O)O)C(=O)c1sccc1S(=O)(=O)N1CCSCC1. The first-order valence-corrected chi connectivity index (χ1v) is 10.5. The lowest BCUT2D eigenvalue weighted by atomic mass is 10.3. The van der Waals surface area contributed by atoms with E-state index in [-0.39, 0.29) is 16.3 Å². The van der Waals surface area contributed by atoms with Gasteiger partial charge in [0.25, 0.3) is 5.91 Å². The fraction of sp³-hybridized carbons (Fsp3) is 0.538. The van der Waals surface area contributed by atoms with Gasteiger partial charge in [-0.1, -0.05) is 0 Å². The molecule has 1 aromatic heterocycles. The maximum absolute atomic E-state index is 12.7. The van der Waals surface area contributed by atoms with Gasteiger partial charge in [-0.15, -0.1) is 11.3 Å². The highest BCUT2D eigenvalue weighted by molar-refractivity contribution is 7.99. The molecule has 0 radical (unpaired) electrons. The number of hydrogen-bond acceptors (Lipinski definition) is 6. The van der Waals surface area contributed by atoms with Gasteiger partial charge >= 0.3 is 5.97 Å². The Morgan fingerprint density at radius 3 is 2.57 bits per heavy atom. The number of rotatable bonds is 6. The number of carbonyl (C=O) groups is 2. The molecule has 0 spiro atoms. The topological polar surface area (TPSA) is 95.0 Å². The van der Waals surface area contributed by atoms with Crippen LogP contribution in [-0.4, -0.2) is 72.3 Å². The number of hydrogen-bond donors (Lipinski definition) is 1. The molecule has 1 aliphatic rings. The van der Waals surface area contributed by atoms with Gasteiger partial charge in [0.15, 0.2) is 0 Å². The van der Waals surface area contributed by atoms with E-state index < -0.39 is 28.4 Å². The Morgan fingerprint density at radius 2 is 2.00 bits per heavy atom. The summed E-state index contributed by atoms with van der Waals surface area (Å²) in [7, 11) is -3.73. The van der Waals surface area contributed by atoms with E-state index in [2.05, 4.69) is 0 Å². The van der Waals surface area contributed by atoms with Crippen molar-refractivity contribution in [3.63, 3.8) is 0 Å². The zero-order valence-corrected chi connectivity index (χ0v) is 15.0. The van der Waals surface area contributed by atoms with Gasteiger partial charge in [0.2, 0.25) is 10.0 Å². The minimum absolute atomic E-state index is 0.0248. The number of carboxylic acid groups (broad SMARTS) is 1. The zero-order chi connectivity index (χ0) is 17.0. The molecule has 1 N–H and O–H groups in total. The molecule has 0 aliphatic carbocycles. The third kappa shape index (κ3) is 4.06. The zero-order valence-electron chi connectivity index (χ0n) is 12.6. The van der Waals surface area contributed by atoms with Crippen LogP contribution in [0, 0.1) is 0 Å². The van der Waals surface area contributed by atoms with Crippen molar-refractivity contribution in [2.45, 2.75) is 11.8 Å². The fourth-order valence-corrected chi connectivity index (χ4v) is 6.15. The Kier molecular flexibility index (Phi) is 6.06. The highest BCUT2D eigenvalue weighted by Crippen LogP contribution is 2.28. The molecule has 1 aliphatic heterocycles. The van der Waals surface area contributed by atoms with Gasteiger partial charge < -0.3 is 10.0 Å². The molecule has 0 bridgehead atoms. The van der Waals surface area contributed by atoms with Crippen molar-refractivity contribution in [3.05, 3.63) is 16.3 Å². The minimum Gasteiger partial charge on any atom is -0.480 e. The van der Waals surface area contributed by atoms with Gasteiger partial charge in [0, 0.05) is 31.1 Å². The number of thiophene rings is 1. The molecule has 0 aromatic carbocycles. The molecular weight excluding hydrogens is 360 g/mol. The Hall–Kier alpha value is -1.10. The number of sulfonamides is 1. The Balaban J connectivity index is 2.31. The summed E-state index contributed by atoms with van der Waals surface area (Å²) in [6.45, 7) is 2.24. The lowest BCUT2D eigenvalue weighted by Gasteiger charge is -2.26. The molecule has 128 valence electrons. The largest absolute Gasteiger partial charge is 0.480 e. The van der Waals surface area contributed by atoms with Crippen molar-refractivity contribution in [3.8, 4) is 0 Å². The first-order chi connectivity index (χ1) is 10.9.